The van der Waals surface area contributed by atoms with E-state index in [0.29, 0.717) is 23.1 Å². The number of ether oxygens (including phenoxy) is 1. The Morgan fingerprint density at radius 2 is 2.00 bits per heavy atom. The van der Waals surface area contributed by atoms with Crippen LogP contribution >= 0.6 is 11.6 Å². The van der Waals surface area contributed by atoms with Crippen molar-refractivity contribution in [3.05, 3.63) is 58.6 Å². The molecule has 2 aromatic rings. The first-order valence-corrected chi connectivity index (χ1v) is 7.88. The predicted octanol–water partition coefficient (Wildman–Crippen LogP) is 3.87. The lowest BCUT2D eigenvalue weighted by Gasteiger charge is -2.14. The molecule has 2 amide bonds. The SMILES string of the molecule is CCOc1ccc(NC(=O)NCC(O)c2ccc(F)c(F)c2)cc1Cl. The molecule has 0 saturated heterocycles. The van der Waals surface area contributed by atoms with Crippen molar-refractivity contribution in [3.63, 3.8) is 0 Å². The largest absolute Gasteiger partial charge is 0.492 e. The molecule has 1 atom stereocenters. The molecule has 0 aliphatic carbocycles. The zero-order valence-electron chi connectivity index (χ0n) is 13.4. The van der Waals surface area contributed by atoms with Crippen LogP contribution in [0, 0.1) is 11.6 Å². The number of benzene rings is 2. The van der Waals surface area contributed by atoms with Crippen molar-refractivity contribution in [2.75, 3.05) is 18.5 Å². The van der Waals surface area contributed by atoms with Crippen LogP contribution in [0.1, 0.15) is 18.6 Å². The highest BCUT2D eigenvalue weighted by Crippen LogP contribution is 2.27. The number of carbonyl (C=O) groups excluding carboxylic acids is 1. The third-order valence-electron chi connectivity index (χ3n) is 3.27. The van der Waals surface area contributed by atoms with E-state index in [0.717, 1.165) is 12.1 Å². The summed E-state index contributed by atoms with van der Waals surface area (Å²) in [5, 5.41) is 15.2. The fourth-order valence-corrected chi connectivity index (χ4v) is 2.29. The second-order valence-corrected chi connectivity index (χ2v) is 5.51. The van der Waals surface area contributed by atoms with Gasteiger partial charge in [-0.05, 0) is 42.8 Å². The van der Waals surface area contributed by atoms with Gasteiger partial charge in [-0.25, -0.2) is 13.6 Å². The molecular weight excluding hydrogens is 354 g/mol. The highest BCUT2D eigenvalue weighted by molar-refractivity contribution is 6.32. The quantitative estimate of drug-likeness (QED) is 0.722. The van der Waals surface area contributed by atoms with Crippen LogP contribution in [0.4, 0.5) is 19.3 Å². The van der Waals surface area contributed by atoms with E-state index >= 15 is 0 Å². The lowest BCUT2D eigenvalue weighted by Crippen LogP contribution is -2.32. The number of halogens is 3. The zero-order chi connectivity index (χ0) is 18.4. The molecule has 0 bridgehead atoms. The number of nitrogens with one attached hydrogen (secondary N) is 2. The van der Waals surface area contributed by atoms with Gasteiger partial charge in [-0.15, -0.1) is 0 Å². The molecule has 2 rings (SSSR count). The molecule has 3 N–H and O–H groups in total. The molecule has 0 saturated carbocycles. The van der Waals surface area contributed by atoms with Crippen LogP contribution < -0.4 is 15.4 Å². The minimum absolute atomic E-state index is 0.156. The molecule has 0 spiro atoms. The van der Waals surface area contributed by atoms with Gasteiger partial charge in [-0.1, -0.05) is 17.7 Å². The number of aliphatic hydroxyl groups excluding tert-OH is 1. The molecule has 0 aromatic heterocycles. The van der Waals surface area contributed by atoms with Gasteiger partial charge < -0.3 is 20.5 Å². The first-order valence-electron chi connectivity index (χ1n) is 7.51. The second-order valence-electron chi connectivity index (χ2n) is 5.10. The number of carbonyl (C=O) groups is 1. The number of rotatable bonds is 6. The molecule has 2 aromatic carbocycles. The Labute approximate surface area is 148 Å². The standard InChI is InChI=1S/C17H17ClF2N2O3/c1-2-25-16-6-4-11(8-12(16)18)22-17(24)21-9-15(23)10-3-5-13(19)14(20)7-10/h3-8,15,23H,2,9H2,1H3,(H2,21,22,24). The van der Waals surface area contributed by atoms with Crippen LogP contribution in [-0.2, 0) is 0 Å². The summed E-state index contributed by atoms with van der Waals surface area (Å²) in [5.74, 6) is -1.57. The van der Waals surface area contributed by atoms with Gasteiger partial charge in [0.1, 0.15) is 5.75 Å². The van der Waals surface area contributed by atoms with Crippen LogP contribution in [-0.4, -0.2) is 24.3 Å². The van der Waals surface area contributed by atoms with E-state index in [1.54, 1.807) is 12.1 Å². The minimum Gasteiger partial charge on any atom is -0.492 e. The highest BCUT2D eigenvalue weighted by Gasteiger charge is 2.13. The number of aliphatic hydroxyl groups is 1. The Morgan fingerprint density at radius 1 is 1.24 bits per heavy atom. The summed E-state index contributed by atoms with van der Waals surface area (Å²) >= 11 is 6.02. The van der Waals surface area contributed by atoms with Crippen molar-refractivity contribution < 1.29 is 23.4 Å². The topological polar surface area (TPSA) is 70.6 Å². The molecule has 25 heavy (non-hydrogen) atoms. The van der Waals surface area contributed by atoms with Crippen molar-refractivity contribution in [2.24, 2.45) is 0 Å². The van der Waals surface area contributed by atoms with Crippen LogP contribution in [0.25, 0.3) is 0 Å². The van der Waals surface area contributed by atoms with Crippen LogP contribution in [0.5, 0.6) is 5.75 Å². The zero-order valence-corrected chi connectivity index (χ0v) is 14.1. The molecule has 0 aliphatic rings. The Hall–Kier alpha value is -2.38. The number of amides is 2. The van der Waals surface area contributed by atoms with Crippen molar-refractivity contribution in [1.29, 1.82) is 0 Å². The molecule has 5 nitrogen and oxygen atoms in total. The summed E-state index contributed by atoms with van der Waals surface area (Å²) in [5.41, 5.74) is 0.594. The van der Waals surface area contributed by atoms with Gasteiger partial charge in [-0.2, -0.15) is 0 Å². The maximum absolute atomic E-state index is 13.1. The molecule has 0 heterocycles. The number of hydrogen-bond acceptors (Lipinski definition) is 3. The first-order chi connectivity index (χ1) is 11.9. The van der Waals surface area contributed by atoms with Gasteiger partial charge in [0.2, 0.25) is 0 Å². The van der Waals surface area contributed by atoms with Crippen LogP contribution in [0.3, 0.4) is 0 Å². The summed E-state index contributed by atoms with van der Waals surface area (Å²) in [7, 11) is 0. The molecular formula is C17H17ClF2N2O3. The fraction of sp³-hybridized carbons (Fsp3) is 0.235. The normalized spacial score (nSPS) is 11.7. The van der Waals surface area contributed by atoms with Crippen molar-refractivity contribution in [3.8, 4) is 5.75 Å². The van der Waals surface area contributed by atoms with Crippen molar-refractivity contribution >= 4 is 23.3 Å². The van der Waals surface area contributed by atoms with Gasteiger partial charge in [0.15, 0.2) is 11.6 Å². The van der Waals surface area contributed by atoms with E-state index in [-0.39, 0.29) is 12.1 Å². The minimum atomic E-state index is -1.18. The second kappa shape index (κ2) is 8.64. The van der Waals surface area contributed by atoms with E-state index in [1.165, 1.54) is 12.1 Å². The third kappa shape index (κ3) is 5.30. The average Bonchev–Trinajstić information content (AvgIpc) is 2.57. The van der Waals surface area contributed by atoms with Gasteiger partial charge in [-0.3, -0.25) is 0 Å². The first kappa shape index (κ1) is 19.0. The van der Waals surface area contributed by atoms with Crippen molar-refractivity contribution in [1.82, 2.24) is 5.32 Å². The third-order valence-corrected chi connectivity index (χ3v) is 3.57. The highest BCUT2D eigenvalue weighted by atomic mass is 35.5. The number of hydrogen-bond donors (Lipinski definition) is 3. The van der Waals surface area contributed by atoms with Gasteiger partial charge >= 0.3 is 6.03 Å². The summed E-state index contributed by atoms with van der Waals surface area (Å²) < 4.78 is 31.3. The summed E-state index contributed by atoms with van der Waals surface area (Å²) in [6.07, 6.45) is -1.18. The Balaban J connectivity index is 1.89. The molecule has 8 heteroatoms. The maximum atomic E-state index is 13.1. The number of urea groups is 1. The number of anilines is 1. The van der Waals surface area contributed by atoms with E-state index < -0.39 is 23.8 Å². The van der Waals surface area contributed by atoms with Crippen LogP contribution in [0.2, 0.25) is 5.02 Å². The van der Waals surface area contributed by atoms with E-state index in [4.69, 9.17) is 16.3 Å². The van der Waals surface area contributed by atoms with E-state index in [1.807, 2.05) is 6.92 Å². The van der Waals surface area contributed by atoms with Gasteiger partial charge in [0.05, 0.1) is 17.7 Å². The van der Waals surface area contributed by atoms with E-state index in [2.05, 4.69) is 10.6 Å². The lowest BCUT2D eigenvalue weighted by molar-refractivity contribution is 0.174. The molecule has 0 fully saturated rings. The Kier molecular flexibility index (Phi) is 6.55. The average molecular weight is 371 g/mol. The van der Waals surface area contributed by atoms with Crippen molar-refractivity contribution in [2.45, 2.75) is 13.0 Å². The Morgan fingerprint density at radius 3 is 2.64 bits per heavy atom. The summed E-state index contributed by atoms with van der Waals surface area (Å²) in [6.45, 7) is 2.12. The monoisotopic (exact) mass is 370 g/mol. The van der Waals surface area contributed by atoms with Gasteiger partial charge in [0.25, 0.3) is 0 Å². The Bertz CT molecular complexity index is 759. The van der Waals surface area contributed by atoms with E-state index in [9.17, 15) is 18.7 Å². The molecule has 0 aliphatic heterocycles. The molecule has 134 valence electrons. The summed E-state index contributed by atoms with van der Waals surface area (Å²) in [6, 6.07) is 7.22. The smallest absolute Gasteiger partial charge is 0.319 e. The van der Waals surface area contributed by atoms with Gasteiger partial charge in [0, 0.05) is 12.2 Å². The van der Waals surface area contributed by atoms with Crippen LogP contribution in [0.15, 0.2) is 36.4 Å². The lowest BCUT2D eigenvalue weighted by atomic mass is 10.1. The summed E-state index contributed by atoms with van der Waals surface area (Å²) in [4.78, 5) is 11.8. The predicted molar refractivity (Wildman–Crippen MR) is 91.0 cm³/mol. The fourth-order valence-electron chi connectivity index (χ4n) is 2.05. The molecule has 0 radical (unpaired) electrons. The molecule has 1 unspecified atom stereocenters. The maximum Gasteiger partial charge on any atom is 0.319 e.